The molecule has 0 atom stereocenters. The van der Waals surface area contributed by atoms with Gasteiger partial charge >= 0.3 is 0 Å². The predicted octanol–water partition coefficient (Wildman–Crippen LogP) is 1.66. The molecule has 0 aliphatic heterocycles. The third-order valence-electron chi connectivity index (χ3n) is 2.63. The minimum atomic E-state index is -0.106. The fourth-order valence-electron chi connectivity index (χ4n) is 1.58. The molecule has 1 heterocycles. The van der Waals surface area contributed by atoms with Gasteiger partial charge in [-0.15, -0.1) is 0 Å². The molecule has 88 valence electrons. The second-order valence-corrected chi connectivity index (χ2v) is 4.01. The van der Waals surface area contributed by atoms with Gasteiger partial charge in [0, 0.05) is 19.8 Å². The van der Waals surface area contributed by atoms with E-state index in [9.17, 15) is 4.79 Å². The van der Waals surface area contributed by atoms with Crippen LogP contribution >= 0.6 is 0 Å². The SMILES string of the molecule is Cc1ccc(CNC(=O)c2ccnn2C)cc1. The van der Waals surface area contributed by atoms with E-state index in [0.29, 0.717) is 12.2 Å². The molecular weight excluding hydrogens is 214 g/mol. The number of nitrogens with zero attached hydrogens (tertiary/aromatic N) is 2. The Morgan fingerprint density at radius 1 is 1.29 bits per heavy atom. The number of benzene rings is 1. The summed E-state index contributed by atoms with van der Waals surface area (Å²) in [5.74, 6) is -0.106. The second kappa shape index (κ2) is 4.82. The summed E-state index contributed by atoms with van der Waals surface area (Å²) in [6.45, 7) is 2.57. The van der Waals surface area contributed by atoms with Gasteiger partial charge in [-0.1, -0.05) is 29.8 Å². The van der Waals surface area contributed by atoms with Crippen LogP contribution in [0.15, 0.2) is 36.5 Å². The van der Waals surface area contributed by atoms with E-state index in [1.165, 1.54) is 5.56 Å². The van der Waals surface area contributed by atoms with Gasteiger partial charge in [0.05, 0.1) is 0 Å². The van der Waals surface area contributed by atoms with Crippen molar-refractivity contribution in [3.05, 3.63) is 53.3 Å². The summed E-state index contributed by atoms with van der Waals surface area (Å²) in [6.07, 6.45) is 1.61. The van der Waals surface area contributed by atoms with E-state index in [2.05, 4.69) is 10.4 Å². The first-order valence-electron chi connectivity index (χ1n) is 5.48. The van der Waals surface area contributed by atoms with Crippen molar-refractivity contribution >= 4 is 5.91 Å². The standard InChI is InChI=1S/C13H15N3O/c1-10-3-5-11(6-4-10)9-14-13(17)12-7-8-15-16(12)2/h3-8H,9H2,1-2H3,(H,14,17). The van der Waals surface area contributed by atoms with Gasteiger partial charge in [-0.3, -0.25) is 9.48 Å². The van der Waals surface area contributed by atoms with E-state index in [-0.39, 0.29) is 5.91 Å². The summed E-state index contributed by atoms with van der Waals surface area (Å²) in [7, 11) is 1.75. The van der Waals surface area contributed by atoms with Crippen molar-refractivity contribution in [1.82, 2.24) is 15.1 Å². The number of carbonyl (C=O) groups is 1. The minimum Gasteiger partial charge on any atom is -0.347 e. The van der Waals surface area contributed by atoms with Gasteiger partial charge in [0.25, 0.3) is 5.91 Å². The highest BCUT2D eigenvalue weighted by Crippen LogP contribution is 2.03. The van der Waals surface area contributed by atoms with E-state index >= 15 is 0 Å². The van der Waals surface area contributed by atoms with Crippen molar-refractivity contribution in [3.8, 4) is 0 Å². The molecule has 0 radical (unpaired) electrons. The topological polar surface area (TPSA) is 46.9 Å². The predicted molar refractivity (Wildman–Crippen MR) is 65.6 cm³/mol. The summed E-state index contributed by atoms with van der Waals surface area (Å²) in [4.78, 5) is 11.8. The van der Waals surface area contributed by atoms with Crippen LogP contribution in [0.1, 0.15) is 21.6 Å². The van der Waals surface area contributed by atoms with Crippen molar-refractivity contribution in [2.75, 3.05) is 0 Å². The van der Waals surface area contributed by atoms with Crippen LogP contribution < -0.4 is 5.32 Å². The van der Waals surface area contributed by atoms with Gasteiger partial charge in [-0.25, -0.2) is 0 Å². The molecule has 0 aliphatic rings. The zero-order chi connectivity index (χ0) is 12.3. The Morgan fingerprint density at radius 2 is 2.00 bits per heavy atom. The number of aryl methyl sites for hydroxylation is 2. The monoisotopic (exact) mass is 229 g/mol. The van der Waals surface area contributed by atoms with Crippen molar-refractivity contribution < 1.29 is 4.79 Å². The number of aromatic nitrogens is 2. The molecule has 1 aromatic heterocycles. The molecule has 0 saturated carbocycles. The second-order valence-electron chi connectivity index (χ2n) is 4.01. The van der Waals surface area contributed by atoms with Crippen LogP contribution in [0.3, 0.4) is 0 Å². The number of nitrogens with one attached hydrogen (secondary N) is 1. The van der Waals surface area contributed by atoms with Crippen LogP contribution in [-0.2, 0) is 13.6 Å². The lowest BCUT2D eigenvalue weighted by atomic mass is 10.1. The van der Waals surface area contributed by atoms with E-state index in [1.54, 1.807) is 24.0 Å². The van der Waals surface area contributed by atoms with Crippen molar-refractivity contribution in [2.45, 2.75) is 13.5 Å². The summed E-state index contributed by atoms with van der Waals surface area (Å²) in [5, 5.41) is 6.82. The highest BCUT2D eigenvalue weighted by atomic mass is 16.2. The number of carbonyl (C=O) groups excluding carboxylic acids is 1. The van der Waals surface area contributed by atoms with Crippen LogP contribution in [0, 0.1) is 6.92 Å². The van der Waals surface area contributed by atoms with E-state index in [0.717, 1.165) is 5.56 Å². The third kappa shape index (κ3) is 2.72. The molecule has 0 bridgehead atoms. The molecule has 17 heavy (non-hydrogen) atoms. The fraction of sp³-hybridized carbons (Fsp3) is 0.231. The summed E-state index contributed by atoms with van der Waals surface area (Å²) >= 11 is 0. The van der Waals surface area contributed by atoms with Gasteiger partial charge in [0.15, 0.2) is 0 Å². The third-order valence-corrected chi connectivity index (χ3v) is 2.63. The molecule has 2 aromatic rings. The number of rotatable bonds is 3. The van der Waals surface area contributed by atoms with Gasteiger partial charge in [-0.05, 0) is 18.6 Å². The zero-order valence-corrected chi connectivity index (χ0v) is 9.97. The van der Waals surface area contributed by atoms with E-state index in [4.69, 9.17) is 0 Å². The van der Waals surface area contributed by atoms with Crippen LogP contribution in [0.4, 0.5) is 0 Å². The first-order valence-corrected chi connectivity index (χ1v) is 5.48. The minimum absolute atomic E-state index is 0.106. The van der Waals surface area contributed by atoms with Gasteiger partial charge in [0.1, 0.15) is 5.69 Å². The average molecular weight is 229 g/mol. The Kier molecular flexibility index (Phi) is 3.23. The highest BCUT2D eigenvalue weighted by Gasteiger charge is 2.08. The first-order chi connectivity index (χ1) is 8.16. The first kappa shape index (κ1) is 11.4. The number of amides is 1. The maximum absolute atomic E-state index is 11.8. The van der Waals surface area contributed by atoms with Crippen LogP contribution in [0.25, 0.3) is 0 Å². The zero-order valence-electron chi connectivity index (χ0n) is 9.97. The maximum atomic E-state index is 11.8. The largest absolute Gasteiger partial charge is 0.347 e. The molecule has 0 spiro atoms. The maximum Gasteiger partial charge on any atom is 0.269 e. The summed E-state index contributed by atoms with van der Waals surface area (Å²) < 4.78 is 1.56. The van der Waals surface area contributed by atoms with Crippen molar-refractivity contribution in [3.63, 3.8) is 0 Å². The molecule has 0 fully saturated rings. The van der Waals surface area contributed by atoms with Gasteiger partial charge in [0.2, 0.25) is 0 Å². The summed E-state index contributed by atoms with van der Waals surface area (Å²) in [6, 6.07) is 9.79. The van der Waals surface area contributed by atoms with Crippen LogP contribution in [0.5, 0.6) is 0 Å². The van der Waals surface area contributed by atoms with Crippen LogP contribution in [0.2, 0.25) is 0 Å². The van der Waals surface area contributed by atoms with Crippen molar-refractivity contribution in [2.24, 2.45) is 7.05 Å². The van der Waals surface area contributed by atoms with Crippen molar-refractivity contribution in [1.29, 1.82) is 0 Å². The molecule has 4 nitrogen and oxygen atoms in total. The normalized spacial score (nSPS) is 10.2. The molecule has 1 amide bonds. The lowest BCUT2D eigenvalue weighted by Gasteiger charge is -2.05. The Balaban J connectivity index is 1.97. The molecule has 4 heteroatoms. The lowest BCUT2D eigenvalue weighted by molar-refractivity contribution is 0.0941. The lowest BCUT2D eigenvalue weighted by Crippen LogP contribution is -2.25. The summed E-state index contributed by atoms with van der Waals surface area (Å²) in [5.41, 5.74) is 2.87. The van der Waals surface area contributed by atoms with Gasteiger partial charge < -0.3 is 5.32 Å². The Labute approximate surface area is 100 Å². The molecule has 0 unspecified atom stereocenters. The van der Waals surface area contributed by atoms with E-state index < -0.39 is 0 Å². The Hall–Kier alpha value is -2.10. The molecule has 1 N–H and O–H groups in total. The molecule has 0 aliphatic carbocycles. The smallest absolute Gasteiger partial charge is 0.269 e. The highest BCUT2D eigenvalue weighted by molar-refractivity contribution is 5.92. The number of hydrogen-bond donors (Lipinski definition) is 1. The number of hydrogen-bond acceptors (Lipinski definition) is 2. The quantitative estimate of drug-likeness (QED) is 0.870. The van der Waals surface area contributed by atoms with E-state index in [1.807, 2.05) is 31.2 Å². The average Bonchev–Trinajstić information content (AvgIpc) is 2.74. The Bertz CT molecular complexity index is 514. The molecule has 2 rings (SSSR count). The van der Waals surface area contributed by atoms with Crippen LogP contribution in [-0.4, -0.2) is 15.7 Å². The molecule has 0 saturated heterocycles. The fourth-order valence-corrected chi connectivity index (χ4v) is 1.58. The Morgan fingerprint density at radius 3 is 2.59 bits per heavy atom. The molecule has 1 aromatic carbocycles. The van der Waals surface area contributed by atoms with Gasteiger partial charge in [-0.2, -0.15) is 5.10 Å². The molecular formula is C13H15N3O.